The van der Waals surface area contributed by atoms with E-state index in [-0.39, 0.29) is 0 Å². The van der Waals surface area contributed by atoms with Crippen molar-refractivity contribution < 1.29 is 13.2 Å². The van der Waals surface area contributed by atoms with Crippen LogP contribution in [0, 0.1) is 6.92 Å². The molecule has 0 nitrogen and oxygen atoms in total. The van der Waals surface area contributed by atoms with Crippen molar-refractivity contribution in [2.24, 2.45) is 0 Å². The van der Waals surface area contributed by atoms with Gasteiger partial charge in [0.05, 0.1) is 5.56 Å². The fraction of sp³-hybridized carbons (Fsp3) is 0.167. The van der Waals surface area contributed by atoms with Gasteiger partial charge in [-0.2, -0.15) is 13.2 Å². The lowest BCUT2D eigenvalue weighted by Crippen LogP contribution is -2.04. The lowest BCUT2D eigenvalue weighted by Gasteiger charge is -2.10. The summed E-state index contributed by atoms with van der Waals surface area (Å²) in [5, 5.41) is 1.43. The molecular formula is C12H8BrF3. The second-order valence-corrected chi connectivity index (χ2v) is 4.48. The predicted octanol–water partition coefficient (Wildman–Crippen LogP) is 4.93. The lowest BCUT2D eigenvalue weighted by molar-refractivity contribution is -0.137. The molecule has 0 aliphatic heterocycles. The van der Waals surface area contributed by atoms with Crippen LogP contribution in [0.5, 0.6) is 0 Å². The van der Waals surface area contributed by atoms with Crippen LogP contribution in [0.2, 0.25) is 0 Å². The number of halogens is 4. The van der Waals surface area contributed by atoms with Gasteiger partial charge < -0.3 is 0 Å². The van der Waals surface area contributed by atoms with Gasteiger partial charge in [0.1, 0.15) is 0 Å². The van der Waals surface area contributed by atoms with E-state index in [9.17, 15) is 13.2 Å². The number of hydrogen-bond donors (Lipinski definition) is 0. The zero-order chi connectivity index (χ0) is 11.9. The van der Waals surface area contributed by atoms with E-state index in [1.807, 2.05) is 6.07 Å². The molecule has 0 saturated heterocycles. The van der Waals surface area contributed by atoms with Gasteiger partial charge >= 0.3 is 6.18 Å². The molecule has 0 N–H and O–H groups in total. The highest BCUT2D eigenvalue weighted by molar-refractivity contribution is 9.10. The molecule has 0 bridgehead atoms. The van der Waals surface area contributed by atoms with Crippen molar-refractivity contribution in [1.82, 2.24) is 0 Å². The van der Waals surface area contributed by atoms with Gasteiger partial charge in [0, 0.05) is 4.47 Å². The third-order valence-corrected chi connectivity index (χ3v) is 3.15. The van der Waals surface area contributed by atoms with Crippen LogP contribution in [-0.2, 0) is 6.18 Å². The molecule has 0 heterocycles. The van der Waals surface area contributed by atoms with Crippen molar-refractivity contribution in [3.8, 4) is 0 Å². The van der Waals surface area contributed by atoms with E-state index < -0.39 is 11.7 Å². The van der Waals surface area contributed by atoms with Crippen molar-refractivity contribution in [3.05, 3.63) is 45.9 Å². The van der Waals surface area contributed by atoms with Gasteiger partial charge in [0.25, 0.3) is 0 Å². The molecule has 0 aromatic heterocycles. The highest BCUT2D eigenvalue weighted by Gasteiger charge is 2.31. The maximum absolute atomic E-state index is 12.6. The number of fused-ring (bicyclic) bond motifs is 1. The highest BCUT2D eigenvalue weighted by Crippen LogP contribution is 2.36. The highest BCUT2D eigenvalue weighted by atomic mass is 79.9. The van der Waals surface area contributed by atoms with Crippen molar-refractivity contribution >= 4 is 26.7 Å². The first-order valence-corrected chi connectivity index (χ1v) is 5.45. The Morgan fingerprint density at radius 1 is 1.06 bits per heavy atom. The van der Waals surface area contributed by atoms with Crippen molar-refractivity contribution in [1.29, 1.82) is 0 Å². The minimum Gasteiger partial charge on any atom is -0.166 e. The maximum Gasteiger partial charge on any atom is 0.416 e. The van der Waals surface area contributed by atoms with Crippen LogP contribution in [0.3, 0.4) is 0 Å². The molecule has 2 aromatic rings. The second kappa shape index (κ2) is 3.77. The summed E-state index contributed by atoms with van der Waals surface area (Å²) in [6.45, 7) is 1.80. The average molecular weight is 289 g/mol. The molecule has 4 heteroatoms. The van der Waals surface area contributed by atoms with Gasteiger partial charge in [-0.25, -0.2) is 0 Å². The Hall–Kier alpha value is -1.03. The lowest BCUT2D eigenvalue weighted by atomic mass is 10.0. The van der Waals surface area contributed by atoms with Gasteiger partial charge in [0.2, 0.25) is 0 Å². The molecule has 0 unspecified atom stereocenters. The Morgan fingerprint density at radius 2 is 1.75 bits per heavy atom. The third-order valence-electron chi connectivity index (χ3n) is 2.49. The first-order chi connectivity index (χ1) is 7.39. The summed E-state index contributed by atoms with van der Waals surface area (Å²) in [6.07, 6.45) is -4.31. The molecule has 0 saturated carbocycles. The Morgan fingerprint density at radius 3 is 2.38 bits per heavy atom. The number of aryl methyl sites for hydroxylation is 1. The molecule has 84 valence electrons. The second-order valence-electron chi connectivity index (χ2n) is 3.63. The van der Waals surface area contributed by atoms with E-state index in [1.165, 1.54) is 6.07 Å². The van der Waals surface area contributed by atoms with E-state index in [1.54, 1.807) is 19.1 Å². The average Bonchev–Trinajstić information content (AvgIpc) is 2.18. The number of alkyl halides is 3. The van der Waals surface area contributed by atoms with E-state index in [0.717, 1.165) is 17.0 Å². The summed E-state index contributed by atoms with van der Waals surface area (Å²) in [5.41, 5.74) is 0.213. The summed E-state index contributed by atoms with van der Waals surface area (Å²) in [6, 6.07) is 7.73. The predicted molar refractivity (Wildman–Crippen MR) is 61.4 cm³/mol. The van der Waals surface area contributed by atoms with Gasteiger partial charge in [0.15, 0.2) is 0 Å². The topological polar surface area (TPSA) is 0 Å². The fourth-order valence-corrected chi connectivity index (χ4v) is 2.25. The minimum atomic E-state index is -4.31. The van der Waals surface area contributed by atoms with Crippen LogP contribution in [-0.4, -0.2) is 0 Å². The quantitative estimate of drug-likeness (QED) is 0.645. The molecule has 0 radical (unpaired) electrons. The number of hydrogen-bond acceptors (Lipinski definition) is 0. The standard InChI is InChI=1S/C12H8BrF3/c1-7-3-2-4-9-10(7)5-8(6-11(9)13)12(14,15)16/h2-6H,1H3. The first-order valence-electron chi connectivity index (χ1n) is 4.65. The van der Waals surface area contributed by atoms with Gasteiger partial charge in [-0.1, -0.05) is 34.1 Å². The normalized spacial score (nSPS) is 12.1. The number of rotatable bonds is 0. The molecule has 0 aliphatic rings. The third kappa shape index (κ3) is 1.94. The minimum absolute atomic E-state index is 0.473. The summed E-state index contributed by atoms with van der Waals surface area (Å²) in [5.74, 6) is 0. The molecule has 0 atom stereocenters. The fourth-order valence-electron chi connectivity index (χ4n) is 1.66. The Labute approximate surface area is 99.2 Å². The monoisotopic (exact) mass is 288 g/mol. The maximum atomic E-state index is 12.6. The van der Waals surface area contributed by atoms with Crippen LogP contribution in [0.15, 0.2) is 34.8 Å². The largest absolute Gasteiger partial charge is 0.416 e. The Balaban J connectivity index is 2.81. The molecule has 0 fully saturated rings. The van der Waals surface area contributed by atoms with E-state index in [2.05, 4.69) is 15.9 Å². The molecule has 2 aromatic carbocycles. The summed E-state index contributed by atoms with van der Waals surface area (Å²) in [4.78, 5) is 0. The van der Waals surface area contributed by atoms with E-state index >= 15 is 0 Å². The van der Waals surface area contributed by atoms with Crippen molar-refractivity contribution in [2.45, 2.75) is 13.1 Å². The van der Waals surface area contributed by atoms with Crippen LogP contribution in [0.1, 0.15) is 11.1 Å². The van der Waals surface area contributed by atoms with Crippen LogP contribution < -0.4 is 0 Å². The molecule has 2 rings (SSSR count). The zero-order valence-corrected chi connectivity index (χ0v) is 9.98. The molecule has 0 amide bonds. The molecule has 0 aliphatic carbocycles. The number of benzene rings is 2. The molecular weight excluding hydrogens is 281 g/mol. The van der Waals surface area contributed by atoms with Crippen LogP contribution in [0.4, 0.5) is 13.2 Å². The Kier molecular flexibility index (Phi) is 2.70. The van der Waals surface area contributed by atoms with E-state index in [0.29, 0.717) is 9.86 Å². The van der Waals surface area contributed by atoms with Gasteiger partial charge in [-0.15, -0.1) is 0 Å². The van der Waals surface area contributed by atoms with Crippen LogP contribution >= 0.6 is 15.9 Å². The first kappa shape index (κ1) is 11.5. The van der Waals surface area contributed by atoms with Crippen molar-refractivity contribution in [2.75, 3.05) is 0 Å². The van der Waals surface area contributed by atoms with Crippen molar-refractivity contribution in [3.63, 3.8) is 0 Å². The summed E-state index contributed by atoms with van der Waals surface area (Å²) >= 11 is 3.17. The SMILES string of the molecule is Cc1cccc2c(Br)cc(C(F)(F)F)cc12. The Bertz CT molecular complexity index is 544. The van der Waals surface area contributed by atoms with E-state index in [4.69, 9.17) is 0 Å². The zero-order valence-electron chi connectivity index (χ0n) is 8.40. The smallest absolute Gasteiger partial charge is 0.166 e. The molecule has 16 heavy (non-hydrogen) atoms. The molecule has 0 spiro atoms. The van der Waals surface area contributed by atoms with Crippen LogP contribution in [0.25, 0.3) is 10.8 Å². The summed E-state index contributed by atoms with van der Waals surface area (Å²) in [7, 11) is 0. The summed E-state index contributed by atoms with van der Waals surface area (Å²) < 4.78 is 38.3. The van der Waals surface area contributed by atoms with Gasteiger partial charge in [-0.3, -0.25) is 0 Å². The van der Waals surface area contributed by atoms with Gasteiger partial charge in [-0.05, 0) is 35.4 Å².